The Labute approximate surface area is 96.4 Å². The summed E-state index contributed by atoms with van der Waals surface area (Å²) in [6.07, 6.45) is 3.98. The first kappa shape index (κ1) is 13.0. The fraction of sp³-hybridized carbons (Fsp3) is 0.833. The molecule has 1 aliphatic carbocycles. The summed E-state index contributed by atoms with van der Waals surface area (Å²) in [5.74, 6) is -1.72. The van der Waals surface area contributed by atoms with Crippen molar-refractivity contribution >= 4 is 11.9 Å². The summed E-state index contributed by atoms with van der Waals surface area (Å²) >= 11 is 0. The van der Waals surface area contributed by atoms with Crippen LogP contribution in [0.3, 0.4) is 0 Å². The minimum Gasteiger partial charge on any atom is -0.474 e. The van der Waals surface area contributed by atoms with Crippen molar-refractivity contribution in [1.29, 1.82) is 0 Å². The minimum absolute atomic E-state index is 0.0183. The second-order valence-electron chi connectivity index (χ2n) is 5.38. The Morgan fingerprint density at radius 3 is 2.56 bits per heavy atom. The van der Waals surface area contributed by atoms with Crippen molar-refractivity contribution in [2.45, 2.75) is 52.5 Å². The lowest BCUT2D eigenvalue weighted by molar-refractivity contribution is -0.150. The molecule has 0 spiro atoms. The van der Waals surface area contributed by atoms with Crippen LogP contribution in [-0.2, 0) is 9.59 Å². The molecular weight excluding hydrogens is 206 g/mol. The van der Waals surface area contributed by atoms with Crippen LogP contribution >= 0.6 is 0 Å². The Bertz CT molecular complexity index is 288. The number of aliphatic carboxylic acids is 1. The molecule has 2 unspecified atom stereocenters. The second-order valence-corrected chi connectivity index (χ2v) is 5.38. The molecule has 16 heavy (non-hydrogen) atoms. The minimum atomic E-state index is -1.39. The highest BCUT2D eigenvalue weighted by Gasteiger charge is 2.35. The predicted octanol–water partition coefficient (Wildman–Crippen LogP) is 1.79. The van der Waals surface area contributed by atoms with Crippen LogP contribution in [0.2, 0.25) is 0 Å². The fourth-order valence-corrected chi connectivity index (χ4v) is 2.41. The molecule has 1 aliphatic rings. The monoisotopic (exact) mass is 227 g/mol. The molecule has 1 saturated carbocycles. The second kappa shape index (κ2) is 4.85. The quantitative estimate of drug-likeness (QED) is 0.707. The topological polar surface area (TPSA) is 66.4 Å². The standard InChI is InChI=1S/C12H21NO3/c1-8(2)12(3)6-4-5-9(7-12)13-10(14)11(15)16/h8-9H,4-7H2,1-3H3,(H,13,14)(H,15,16). The van der Waals surface area contributed by atoms with Gasteiger partial charge in [-0.25, -0.2) is 4.79 Å². The van der Waals surface area contributed by atoms with Gasteiger partial charge >= 0.3 is 11.9 Å². The summed E-state index contributed by atoms with van der Waals surface area (Å²) < 4.78 is 0. The average molecular weight is 227 g/mol. The summed E-state index contributed by atoms with van der Waals surface area (Å²) in [5, 5.41) is 11.1. The van der Waals surface area contributed by atoms with Crippen LogP contribution in [0.25, 0.3) is 0 Å². The third kappa shape index (κ3) is 2.97. The van der Waals surface area contributed by atoms with E-state index in [1.165, 1.54) is 0 Å². The molecule has 0 aliphatic heterocycles. The molecule has 2 N–H and O–H groups in total. The van der Waals surface area contributed by atoms with Crippen LogP contribution in [0.5, 0.6) is 0 Å². The normalized spacial score (nSPS) is 30.1. The van der Waals surface area contributed by atoms with Crippen molar-refractivity contribution < 1.29 is 14.7 Å². The summed E-state index contributed by atoms with van der Waals surface area (Å²) in [7, 11) is 0. The van der Waals surface area contributed by atoms with E-state index in [0.717, 1.165) is 25.7 Å². The molecule has 4 heteroatoms. The van der Waals surface area contributed by atoms with Gasteiger partial charge in [-0.05, 0) is 30.6 Å². The first-order valence-corrected chi connectivity index (χ1v) is 5.89. The molecule has 1 amide bonds. The van der Waals surface area contributed by atoms with Gasteiger partial charge in [-0.1, -0.05) is 27.2 Å². The molecule has 0 aromatic rings. The zero-order chi connectivity index (χ0) is 12.3. The lowest BCUT2D eigenvalue weighted by Gasteiger charge is -2.41. The van der Waals surface area contributed by atoms with E-state index in [-0.39, 0.29) is 11.5 Å². The Hall–Kier alpha value is -1.06. The highest BCUT2D eigenvalue weighted by Crippen LogP contribution is 2.41. The molecule has 0 aromatic carbocycles. The zero-order valence-corrected chi connectivity index (χ0v) is 10.2. The van der Waals surface area contributed by atoms with Crippen molar-refractivity contribution in [2.75, 3.05) is 0 Å². The van der Waals surface area contributed by atoms with Crippen LogP contribution in [0.4, 0.5) is 0 Å². The molecular formula is C12H21NO3. The Morgan fingerprint density at radius 1 is 1.44 bits per heavy atom. The Morgan fingerprint density at radius 2 is 2.06 bits per heavy atom. The van der Waals surface area contributed by atoms with Crippen LogP contribution in [-0.4, -0.2) is 23.0 Å². The van der Waals surface area contributed by atoms with Gasteiger partial charge in [-0.3, -0.25) is 4.79 Å². The number of nitrogens with one attached hydrogen (secondary N) is 1. The van der Waals surface area contributed by atoms with Gasteiger partial charge in [-0.2, -0.15) is 0 Å². The number of hydrogen-bond acceptors (Lipinski definition) is 2. The first-order valence-electron chi connectivity index (χ1n) is 5.89. The third-order valence-electron chi connectivity index (χ3n) is 3.94. The maximum atomic E-state index is 11.1. The van der Waals surface area contributed by atoms with E-state index in [4.69, 9.17) is 5.11 Å². The van der Waals surface area contributed by atoms with E-state index >= 15 is 0 Å². The van der Waals surface area contributed by atoms with Crippen LogP contribution < -0.4 is 5.32 Å². The summed E-state index contributed by atoms with van der Waals surface area (Å²) in [5.41, 5.74) is 0.217. The molecule has 0 radical (unpaired) electrons. The van der Waals surface area contributed by atoms with Gasteiger partial charge in [0.05, 0.1) is 0 Å². The number of rotatable bonds is 2. The molecule has 0 aromatic heterocycles. The number of carbonyl (C=O) groups is 2. The van der Waals surface area contributed by atoms with Crippen molar-refractivity contribution in [3.63, 3.8) is 0 Å². The van der Waals surface area contributed by atoms with E-state index in [2.05, 4.69) is 26.1 Å². The zero-order valence-electron chi connectivity index (χ0n) is 10.2. The van der Waals surface area contributed by atoms with E-state index in [1.54, 1.807) is 0 Å². The predicted molar refractivity (Wildman–Crippen MR) is 61.0 cm³/mol. The van der Waals surface area contributed by atoms with Gasteiger partial charge in [0.25, 0.3) is 0 Å². The highest BCUT2D eigenvalue weighted by atomic mass is 16.4. The summed E-state index contributed by atoms with van der Waals surface area (Å²) in [6, 6.07) is 0.0183. The van der Waals surface area contributed by atoms with Gasteiger partial charge in [0.1, 0.15) is 0 Å². The molecule has 92 valence electrons. The van der Waals surface area contributed by atoms with E-state index in [1.807, 2.05) is 0 Å². The number of carboxylic acid groups (broad SMARTS) is 1. The van der Waals surface area contributed by atoms with Gasteiger partial charge in [-0.15, -0.1) is 0 Å². The number of amides is 1. The van der Waals surface area contributed by atoms with E-state index in [9.17, 15) is 9.59 Å². The Balaban J connectivity index is 2.57. The van der Waals surface area contributed by atoms with Crippen LogP contribution in [0.15, 0.2) is 0 Å². The number of hydrogen-bond donors (Lipinski definition) is 2. The third-order valence-corrected chi connectivity index (χ3v) is 3.94. The molecule has 0 saturated heterocycles. The van der Waals surface area contributed by atoms with Gasteiger partial charge in [0.15, 0.2) is 0 Å². The van der Waals surface area contributed by atoms with Crippen molar-refractivity contribution in [2.24, 2.45) is 11.3 Å². The maximum absolute atomic E-state index is 11.1. The fourth-order valence-electron chi connectivity index (χ4n) is 2.41. The smallest absolute Gasteiger partial charge is 0.394 e. The molecule has 1 rings (SSSR count). The number of carboxylic acids is 1. The molecule has 1 fully saturated rings. The lowest BCUT2D eigenvalue weighted by atomic mass is 9.67. The van der Waals surface area contributed by atoms with Crippen LogP contribution in [0, 0.1) is 11.3 Å². The summed E-state index contributed by atoms with van der Waals surface area (Å²) in [4.78, 5) is 21.5. The largest absolute Gasteiger partial charge is 0.474 e. The van der Waals surface area contributed by atoms with Gasteiger partial charge < -0.3 is 10.4 Å². The summed E-state index contributed by atoms with van der Waals surface area (Å²) in [6.45, 7) is 6.58. The highest BCUT2D eigenvalue weighted by molar-refractivity contribution is 6.31. The first-order chi connectivity index (χ1) is 7.35. The van der Waals surface area contributed by atoms with Gasteiger partial charge in [0.2, 0.25) is 0 Å². The van der Waals surface area contributed by atoms with E-state index in [0.29, 0.717) is 5.92 Å². The number of carbonyl (C=O) groups excluding carboxylic acids is 1. The molecule has 0 bridgehead atoms. The van der Waals surface area contributed by atoms with E-state index < -0.39 is 11.9 Å². The molecule has 0 heterocycles. The Kier molecular flexibility index (Phi) is 3.94. The SMILES string of the molecule is CC(C)C1(C)CCCC(NC(=O)C(=O)O)C1. The molecule has 2 atom stereocenters. The maximum Gasteiger partial charge on any atom is 0.394 e. The molecule has 4 nitrogen and oxygen atoms in total. The average Bonchev–Trinajstić information content (AvgIpc) is 2.17. The lowest BCUT2D eigenvalue weighted by Crippen LogP contribution is -2.45. The van der Waals surface area contributed by atoms with Gasteiger partial charge in [0, 0.05) is 6.04 Å². The van der Waals surface area contributed by atoms with Crippen molar-refractivity contribution in [1.82, 2.24) is 5.32 Å². The van der Waals surface area contributed by atoms with Crippen molar-refractivity contribution in [3.05, 3.63) is 0 Å². The van der Waals surface area contributed by atoms with Crippen LogP contribution in [0.1, 0.15) is 46.5 Å². The van der Waals surface area contributed by atoms with Crippen molar-refractivity contribution in [3.8, 4) is 0 Å².